The third-order valence-corrected chi connectivity index (χ3v) is 8.05. The van der Waals surface area contributed by atoms with Crippen molar-refractivity contribution in [3.05, 3.63) is 0 Å². The van der Waals surface area contributed by atoms with E-state index in [2.05, 4.69) is 0 Å². The second-order valence-corrected chi connectivity index (χ2v) is 10.1. The van der Waals surface area contributed by atoms with Crippen molar-refractivity contribution in [2.75, 3.05) is 16.7 Å². The second-order valence-electron chi connectivity index (χ2n) is 5.40. The summed E-state index contributed by atoms with van der Waals surface area (Å²) < 4.78 is 49.0. The van der Waals surface area contributed by atoms with Gasteiger partial charge in [0.25, 0.3) is 0 Å². The molecule has 8 heteroatoms. The van der Waals surface area contributed by atoms with Gasteiger partial charge in [-0.05, 0) is 19.3 Å². The highest BCUT2D eigenvalue weighted by molar-refractivity contribution is 7.92. The van der Waals surface area contributed by atoms with Crippen molar-refractivity contribution in [1.29, 1.82) is 0 Å². The lowest BCUT2D eigenvalue weighted by atomic mass is 9.95. The SMILES string of the molecule is O=S1(=O)CCC(N(C2CCCCC2)S(=O)(=O)CCl)C1. The van der Waals surface area contributed by atoms with E-state index >= 15 is 0 Å². The predicted molar refractivity (Wildman–Crippen MR) is 75.4 cm³/mol. The predicted octanol–water partition coefficient (Wildman–Crippen LogP) is 1.33. The van der Waals surface area contributed by atoms with E-state index in [1.807, 2.05) is 0 Å². The Morgan fingerprint density at radius 3 is 2.16 bits per heavy atom. The van der Waals surface area contributed by atoms with E-state index in [-0.39, 0.29) is 17.5 Å². The summed E-state index contributed by atoms with van der Waals surface area (Å²) in [6, 6.07) is -0.493. The van der Waals surface area contributed by atoms with Crippen LogP contribution in [0.25, 0.3) is 0 Å². The van der Waals surface area contributed by atoms with Crippen LogP contribution in [0, 0.1) is 0 Å². The van der Waals surface area contributed by atoms with Crippen LogP contribution >= 0.6 is 11.6 Å². The quantitative estimate of drug-likeness (QED) is 0.730. The van der Waals surface area contributed by atoms with Gasteiger partial charge in [-0.1, -0.05) is 19.3 Å². The zero-order valence-electron chi connectivity index (χ0n) is 10.8. The molecule has 0 aromatic carbocycles. The lowest BCUT2D eigenvalue weighted by Gasteiger charge is -2.36. The number of hydrogen-bond acceptors (Lipinski definition) is 4. The fourth-order valence-corrected chi connectivity index (χ4v) is 6.68. The van der Waals surface area contributed by atoms with Crippen molar-refractivity contribution < 1.29 is 16.8 Å². The van der Waals surface area contributed by atoms with Crippen LogP contribution in [0.3, 0.4) is 0 Å². The van der Waals surface area contributed by atoms with Crippen LogP contribution in [0.4, 0.5) is 0 Å². The molecular formula is C11H20ClNO4S2. The van der Waals surface area contributed by atoms with E-state index in [0.29, 0.717) is 6.42 Å². The molecular weight excluding hydrogens is 310 g/mol. The topological polar surface area (TPSA) is 71.5 Å². The molecule has 0 radical (unpaired) electrons. The summed E-state index contributed by atoms with van der Waals surface area (Å²) in [6.07, 6.45) is 5.14. The monoisotopic (exact) mass is 329 g/mol. The van der Waals surface area contributed by atoms with Gasteiger partial charge in [-0.15, -0.1) is 11.6 Å². The van der Waals surface area contributed by atoms with E-state index in [1.54, 1.807) is 0 Å². The minimum Gasteiger partial charge on any atom is -0.229 e. The van der Waals surface area contributed by atoms with Crippen molar-refractivity contribution >= 4 is 31.5 Å². The van der Waals surface area contributed by atoms with E-state index in [0.717, 1.165) is 32.1 Å². The highest BCUT2D eigenvalue weighted by Crippen LogP contribution is 2.30. The largest absolute Gasteiger partial charge is 0.229 e. The second kappa shape index (κ2) is 5.87. The van der Waals surface area contributed by atoms with Gasteiger partial charge in [0.15, 0.2) is 9.84 Å². The Morgan fingerprint density at radius 2 is 1.68 bits per heavy atom. The summed E-state index contributed by atoms with van der Waals surface area (Å²) in [5.74, 6) is 0.0261. The summed E-state index contributed by atoms with van der Waals surface area (Å²) in [7, 11) is -6.66. The highest BCUT2D eigenvalue weighted by atomic mass is 35.5. The Kier molecular flexibility index (Phi) is 4.80. The van der Waals surface area contributed by atoms with E-state index in [4.69, 9.17) is 11.6 Å². The zero-order chi connectivity index (χ0) is 14.1. The molecule has 0 spiro atoms. The Balaban J connectivity index is 2.24. The number of hydrogen-bond donors (Lipinski definition) is 0. The first-order valence-corrected chi connectivity index (χ1v) is 10.6. The van der Waals surface area contributed by atoms with Gasteiger partial charge < -0.3 is 0 Å². The van der Waals surface area contributed by atoms with Crippen LogP contribution in [0.1, 0.15) is 38.5 Å². The molecule has 1 heterocycles. The van der Waals surface area contributed by atoms with E-state index < -0.39 is 31.1 Å². The van der Waals surface area contributed by atoms with Crippen LogP contribution in [-0.4, -0.2) is 49.9 Å². The smallest absolute Gasteiger partial charge is 0.228 e. The maximum absolute atomic E-state index is 12.2. The number of nitrogens with zero attached hydrogens (tertiary/aromatic N) is 1. The van der Waals surface area contributed by atoms with Gasteiger partial charge in [0.05, 0.1) is 11.5 Å². The molecule has 2 fully saturated rings. The molecule has 1 aliphatic carbocycles. The molecule has 5 nitrogen and oxygen atoms in total. The average molecular weight is 330 g/mol. The molecule has 0 amide bonds. The Bertz CT molecular complexity index is 511. The van der Waals surface area contributed by atoms with Gasteiger partial charge in [0, 0.05) is 12.1 Å². The van der Waals surface area contributed by atoms with E-state index in [9.17, 15) is 16.8 Å². The average Bonchev–Trinajstić information content (AvgIpc) is 2.70. The molecule has 1 atom stereocenters. The first-order valence-electron chi connectivity index (χ1n) is 6.63. The van der Waals surface area contributed by atoms with Crippen molar-refractivity contribution in [2.24, 2.45) is 0 Å². The fraction of sp³-hybridized carbons (Fsp3) is 1.00. The molecule has 2 rings (SSSR count). The molecule has 1 saturated heterocycles. The third kappa shape index (κ3) is 3.62. The lowest BCUT2D eigenvalue weighted by molar-refractivity contribution is 0.214. The Morgan fingerprint density at radius 1 is 1.05 bits per heavy atom. The maximum atomic E-state index is 12.2. The number of sulfonamides is 1. The summed E-state index contributed by atoms with van der Waals surface area (Å²) in [5.41, 5.74) is 0. The normalized spacial score (nSPS) is 28.8. The molecule has 0 N–H and O–H groups in total. The van der Waals surface area contributed by atoms with Gasteiger partial charge >= 0.3 is 0 Å². The molecule has 0 aromatic rings. The van der Waals surface area contributed by atoms with Crippen LogP contribution in [0.5, 0.6) is 0 Å². The number of rotatable bonds is 4. The standard InChI is InChI=1S/C11H20ClNO4S2/c12-9-19(16,17)13(10-4-2-1-3-5-10)11-6-7-18(14,15)8-11/h10-11H,1-9H2. The molecule has 112 valence electrons. The van der Waals surface area contributed by atoms with Gasteiger partial charge in [0.1, 0.15) is 5.21 Å². The summed E-state index contributed by atoms with van der Waals surface area (Å²) in [4.78, 5) is 0. The first-order chi connectivity index (χ1) is 8.86. The maximum Gasteiger partial charge on any atom is 0.228 e. The minimum atomic E-state index is -3.56. The fourth-order valence-electron chi connectivity index (χ4n) is 3.12. The molecule has 0 bridgehead atoms. The number of halogens is 1. The van der Waals surface area contributed by atoms with Crippen molar-refractivity contribution in [3.63, 3.8) is 0 Å². The molecule has 1 unspecified atom stereocenters. The highest BCUT2D eigenvalue weighted by Gasteiger charge is 2.41. The summed E-state index contributed by atoms with van der Waals surface area (Å²) in [5, 5.41) is -0.472. The molecule has 0 aromatic heterocycles. The first kappa shape index (κ1) is 15.5. The van der Waals surface area contributed by atoms with Gasteiger partial charge in [-0.3, -0.25) is 0 Å². The molecule has 1 aliphatic heterocycles. The third-order valence-electron chi connectivity index (χ3n) is 3.96. The van der Waals surface area contributed by atoms with E-state index in [1.165, 1.54) is 4.31 Å². The molecule has 19 heavy (non-hydrogen) atoms. The van der Waals surface area contributed by atoms with Gasteiger partial charge in [0.2, 0.25) is 10.0 Å². The van der Waals surface area contributed by atoms with Crippen LogP contribution in [-0.2, 0) is 19.9 Å². The Hall–Kier alpha value is 0.150. The van der Waals surface area contributed by atoms with Crippen LogP contribution < -0.4 is 0 Å². The lowest BCUT2D eigenvalue weighted by Crippen LogP contribution is -2.48. The summed E-state index contributed by atoms with van der Waals surface area (Å²) in [6.45, 7) is 0. The van der Waals surface area contributed by atoms with Crippen molar-refractivity contribution in [1.82, 2.24) is 4.31 Å². The molecule has 1 saturated carbocycles. The molecule has 2 aliphatic rings. The van der Waals surface area contributed by atoms with Crippen molar-refractivity contribution in [2.45, 2.75) is 50.6 Å². The van der Waals surface area contributed by atoms with Crippen LogP contribution in [0.2, 0.25) is 0 Å². The van der Waals surface area contributed by atoms with Gasteiger partial charge in [-0.2, -0.15) is 4.31 Å². The Labute approximate surface area is 120 Å². The van der Waals surface area contributed by atoms with Crippen LogP contribution in [0.15, 0.2) is 0 Å². The number of alkyl halides is 1. The summed E-state index contributed by atoms with van der Waals surface area (Å²) >= 11 is 5.58. The minimum absolute atomic E-state index is 0.0559. The van der Waals surface area contributed by atoms with Crippen molar-refractivity contribution in [3.8, 4) is 0 Å². The van der Waals surface area contributed by atoms with Gasteiger partial charge in [-0.25, -0.2) is 16.8 Å². The zero-order valence-corrected chi connectivity index (χ0v) is 13.2. The number of sulfone groups is 1.